The van der Waals surface area contributed by atoms with Crippen molar-refractivity contribution in [3.05, 3.63) is 52.0 Å². The van der Waals surface area contributed by atoms with Crippen molar-refractivity contribution in [2.24, 2.45) is 10.8 Å². The first-order valence-corrected chi connectivity index (χ1v) is 7.36. The van der Waals surface area contributed by atoms with E-state index in [9.17, 15) is 10.1 Å². The van der Waals surface area contributed by atoms with E-state index < -0.39 is 4.92 Å². The maximum absolute atomic E-state index is 10.9. The Bertz CT molecular complexity index is 774. The molecule has 0 bridgehead atoms. The van der Waals surface area contributed by atoms with Gasteiger partial charge in [-0.2, -0.15) is 5.10 Å². The first-order valence-electron chi connectivity index (χ1n) is 6.95. The van der Waals surface area contributed by atoms with E-state index in [1.54, 1.807) is 25.3 Å². The summed E-state index contributed by atoms with van der Waals surface area (Å²) in [6.07, 6.45) is 2.79. The minimum atomic E-state index is -0.466. The Hall–Kier alpha value is -3.01. The zero-order valence-electron chi connectivity index (χ0n) is 12.9. The minimum absolute atomic E-state index is 0.0548. The molecule has 9 nitrogen and oxygen atoms in total. The van der Waals surface area contributed by atoms with Gasteiger partial charge in [-0.3, -0.25) is 5.43 Å². The van der Waals surface area contributed by atoms with E-state index in [4.69, 9.17) is 10.5 Å². The van der Waals surface area contributed by atoms with Crippen molar-refractivity contribution in [2.75, 3.05) is 6.61 Å². The molecule has 126 valence electrons. The lowest BCUT2D eigenvalue weighted by Gasteiger charge is -2.07. The number of aromatic nitrogens is 2. The fourth-order valence-corrected chi connectivity index (χ4v) is 2.04. The first kappa shape index (κ1) is 17.3. The van der Waals surface area contributed by atoms with Gasteiger partial charge in [0.15, 0.2) is 10.9 Å². The normalized spacial score (nSPS) is 10.7. The van der Waals surface area contributed by atoms with Crippen molar-refractivity contribution in [1.82, 2.24) is 15.0 Å². The molecule has 1 aromatic heterocycles. The molecule has 2 rings (SSSR count). The number of rotatable bonds is 7. The molecule has 0 unspecified atom stereocenters. The molecule has 0 atom stereocenters. The maximum Gasteiger partial charge on any atom is 0.342 e. The highest BCUT2D eigenvalue weighted by molar-refractivity contribution is 7.80. The largest absolute Gasteiger partial charge is 0.489 e. The van der Waals surface area contributed by atoms with Crippen LogP contribution < -0.4 is 15.9 Å². The summed E-state index contributed by atoms with van der Waals surface area (Å²) in [6, 6.07) is 7.21. The summed E-state index contributed by atoms with van der Waals surface area (Å²) in [5.74, 6) is 1.13. The van der Waals surface area contributed by atoms with Crippen LogP contribution in [0.5, 0.6) is 5.75 Å². The summed E-state index contributed by atoms with van der Waals surface area (Å²) >= 11 is 4.65. The lowest BCUT2D eigenvalue weighted by atomic mass is 10.2. The SMILES string of the molecule is Cc1ncc([N+](=O)[O-])n1CCOc1cccc(/C=N\NC(N)=S)c1. The second-order valence-electron chi connectivity index (χ2n) is 4.73. The third-order valence-electron chi connectivity index (χ3n) is 3.05. The predicted octanol–water partition coefficient (Wildman–Crippen LogP) is 1.35. The third-order valence-corrected chi connectivity index (χ3v) is 3.14. The molecule has 1 heterocycles. The average molecular weight is 348 g/mol. The van der Waals surface area contributed by atoms with Crippen LogP contribution >= 0.6 is 12.2 Å². The predicted molar refractivity (Wildman–Crippen MR) is 93.1 cm³/mol. The number of benzene rings is 1. The molecule has 3 N–H and O–H groups in total. The quantitative estimate of drug-likeness (QED) is 0.335. The van der Waals surface area contributed by atoms with Gasteiger partial charge in [0.05, 0.1) is 6.21 Å². The van der Waals surface area contributed by atoms with Gasteiger partial charge in [0, 0.05) is 6.92 Å². The van der Waals surface area contributed by atoms with E-state index >= 15 is 0 Å². The van der Waals surface area contributed by atoms with Gasteiger partial charge < -0.3 is 20.6 Å². The molecule has 24 heavy (non-hydrogen) atoms. The van der Waals surface area contributed by atoms with E-state index in [0.717, 1.165) is 5.56 Å². The third kappa shape index (κ3) is 4.74. The average Bonchev–Trinajstić information content (AvgIpc) is 2.89. The molecule has 0 aliphatic heterocycles. The van der Waals surface area contributed by atoms with Gasteiger partial charge in [-0.15, -0.1) is 0 Å². The Labute approximate surface area is 143 Å². The van der Waals surface area contributed by atoms with Crippen LogP contribution in [0.1, 0.15) is 11.4 Å². The standard InChI is InChI=1S/C14H16N6O3S/c1-10-16-9-13(20(21)22)19(10)5-6-23-12-4-2-3-11(7-12)8-17-18-14(15)24/h2-4,7-9H,5-6H2,1H3,(H3,15,18,24)/b17-8-. The van der Waals surface area contributed by atoms with Crippen LogP contribution in [0.2, 0.25) is 0 Å². The van der Waals surface area contributed by atoms with Crippen LogP contribution in [0, 0.1) is 17.0 Å². The molecule has 0 fully saturated rings. The van der Waals surface area contributed by atoms with Gasteiger partial charge >= 0.3 is 5.82 Å². The molecule has 0 amide bonds. The first-order chi connectivity index (χ1) is 11.5. The number of nitrogens with one attached hydrogen (secondary N) is 1. The summed E-state index contributed by atoms with van der Waals surface area (Å²) in [5, 5.41) is 14.9. The van der Waals surface area contributed by atoms with Crippen LogP contribution in [0.15, 0.2) is 35.6 Å². The molecule has 2 aromatic rings. The zero-order valence-corrected chi connectivity index (χ0v) is 13.7. The molecule has 1 aromatic carbocycles. The van der Waals surface area contributed by atoms with Crippen molar-refractivity contribution >= 4 is 29.4 Å². The van der Waals surface area contributed by atoms with Crippen molar-refractivity contribution in [1.29, 1.82) is 0 Å². The number of ether oxygens (including phenoxy) is 1. The smallest absolute Gasteiger partial charge is 0.342 e. The van der Waals surface area contributed by atoms with E-state index in [2.05, 4.69) is 27.7 Å². The molecular weight excluding hydrogens is 332 g/mol. The molecule has 0 aliphatic rings. The monoisotopic (exact) mass is 348 g/mol. The molecule has 0 aliphatic carbocycles. The van der Waals surface area contributed by atoms with Crippen LogP contribution in [0.3, 0.4) is 0 Å². The summed E-state index contributed by atoms with van der Waals surface area (Å²) in [5.41, 5.74) is 8.53. The molecule has 10 heteroatoms. The highest BCUT2D eigenvalue weighted by atomic mass is 32.1. The Morgan fingerprint density at radius 2 is 2.42 bits per heavy atom. The molecule has 0 saturated heterocycles. The number of hydrazone groups is 1. The van der Waals surface area contributed by atoms with Crippen LogP contribution in [0.4, 0.5) is 5.82 Å². The fourth-order valence-electron chi connectivity index (χ4n) is 1.99. The summed E-state index contributed by atoms with van der Waals surface area (Å²) in [4.78, 5) is 14.4. The zero-order chi connectivity index (χ0) is 17.5. The van der Waals surface area contributed by atoms with Crippen LogP contribution in [-0.4, -0.2) is 32.4 Å². The van der Waals surface area contributed by atoms with Crippen LogP contribution in [0.25, 0.3) is 0 Å². The number of thiocarbonyl (C=S) groups is 1. The van der Waals surface area contributed by atoms with E-state index in [1.165, 1.54) is 10.8 Å². The topological polar surface area (TPSA) is 121 Å². The maximum atomic E-state index is 10.9. The van der Waals surface area contributed by atoms with Gasteiger partial charge in [0.25, 0.3) is 0 Å². The minimum Gasteiger partial charge on any atom is -0.489 e. The number of aryl methyl sites for hydroxylation is 1. The van der Waals surface area contributed by atoms with Gasteiger partial charge in [0.1, 0.15) is 25.1 Å². The Balaban J connectivity index is 1.95. The molecule has 0 spiro atoms. The molecule has 0 radical (unpaired) electrons. The Morgan fingerprint density at radius 1 is 1.62 bits per heavy atom. The highest BCUT2D eigenvalue weighted by Gasteiger charge is 2.16. The number of hydrogen-bond donors (Lipinski definition) is 2. The van der Waals surface area contributed by atoms with E-state index in [-0.39, 0.29) is 17.5 Å². The Kier molecular flexibility index (Phi) is 5.79. The number of imidazole rings is 1. The number of nitrogens with zero attached hydrogens (tertiary/aromatic N) is 4. The fraction of sp³-hybridized carbons (Fsp3) is 0.214. The molecular formula is C14H16N6O3S. The van der Waals surface area contributed by atoms with Crippen LogP contribution in [-0.2, 0) is 6.54 Å². The highest BCUT2D eigenvalue weighted by Crippen LogP contribution is 2.15. The summed E-state index contributed by atoms with van der Waals surface area (Å²) in [7, 11) is 0. The van der Waals surface area contributed by atoms with E-state index in [0.29, 0.717) is 18.1 Å². The number of nitro groups is 1. The summed E-state index contributed by atoms with van der Waals surface area (Å²) < 4.78 is 7.13. The van der Waals surface area contributed by atoms with Gasteiger partial charge in [-0.1, -0.05) is 12.1 Å². The van der Waals surface area contributed by atoms with Crippen molar-refractivity contribution in [3.63, 3.8) is 0 Å². The van der Waals surface area contributed by atoms with Gasteiger partial charge in [-0.05, 0) is 34.8 Å². The van der Waals surface area contributed by atoms with Crippen molar-refractivity contribution in [2.45, 2.75) is 13.5 Å². The van der Waals surface area contributed by atoms with Crippen molar-refractivity contribution < 1.29 is 9.66 Å². The number of hydrogen-bond acceptors (Lipinski definition) is 6. The summed E-state index contributed by atoms with van der Waals surface area (Å²) in [6.45, 7) is 2.30. The van der Waals surface area contributed by atoms with Gasteiger partial charge in [-0.25, -0.2) is 9.55 Å². The number of nitrogens with two attached hydrogens (primary N) is 1. The Morgan fingerprint density at radius 3 is 3.12 bits per heavy atom. The van der Waals surface area contributed by atoms with Gasteiger partial charge in [0.2, 0.25) is 0 Å². The second kappa shape index (κ2) is 8.02. The van der Waals surface area contributed by atoms with Crippen molar-refractivity contribution in [3.8, 4) is 5.75 Å². The van der Waals surface area contributed by atoms with E-state index in [1.807, 2.05) is 12.1 Å². The lowest BCUT2D eigenvalue weighted by Crippen LogP contribution is -2.23. The second-order valence-corrected chi connectivity index (χ2v) is 5.17. The lowest BCUT2D eigenvalue weighted by molar-refractivity contribution is -0.392. The molecule has 0 saturated carbocycles.